The number of rotatable bonds is 9. The summed E-state index contributed by atoms with van der Waals surface area (Å²) in [5.74, 6) is -0.621. The Hall–Kier alpha value is -1.94. The Morgan fingerprint density at radius 3 is 2.48 bits per heavy atom. The van der Waals surface area contributed by atoms with E-state index in [4.69, 9.17) is 4.74 Å². The zero-order valence-corrected chi connectivity index (χ0v) is 17.7. The predicted molar refractivity (Wildman–Crippen MR) is 104 cm³/mol. The van der Waals surface area contributed by atoms with Gasteiger partial charge in [0.05, 0.1) is 7.11 Å². The van der Waals surface area contributed by atoms with Crippen molar-refractivity contribution >= 4 is 15.9 Å². The molecule has 1 aliphatic carbocycles. The van der Waals surface area contributed by atoms with Crippen molar-refractivity contribution in [2.24, 2.45) is 5.92 Å². The van der Waals surface area contributed by atoms with Crippen LogP contribution in [0.5, 0.6) is 11.5 Å². The Balaban J connectivity index is 1.94. The molecule has 0 unspecified atom stereocenters. The van der Waals surface area contributed by atoms with E-state index in [0.29, 0.717) is 11.5 Å². The first-order valence-corrected chi connectivity index (χ1v) is 11.1. The van der Waals surface area contributed by atoms with Gasteiger partial charge >= 0.3 is 6.61 Å². The number of methoxy groups -OCH3 is 1. The molecule has 0 atom stereocenters. The summed E-state index contributed by atoms with van der Waals surface area (Å²) in [6.45, 7) is -0.741. The van der Waals surface area contributed by atoms with Crippen molar-refractivity contribution in [1.29, 1.82) is 0 Å². The maximum atomic E-state index is 12.4. The lowest BCUT2D eigenvalue weighted by atomic mass is 9.88. The first kappa shape index (κ1) is 23.3. The molecule has 1 aliphatic rings. The first-order chi connectivity index (χ1) is 13.6. The lowest BCUT2D eigenvalue weighted by molar-refractivity contribution is -0.127. The van der Waals surface area contributed by atoms with Crippen LogP contribution in [0.3, 0.4) is 0 Å². The number of carbonyl (C=O) groups is 1. The van der Waals surface area contributed by atoms with Gasteiger partial charge in [-0.15, -0.1) is 0 Å². The van der Waals surface area contributed by atoms with Crippen molar-refractivity contribution in [2.75, 3.05) is 19.9 Å². The fraction of sp³-hybridized carbons (Fsp3) is 0.632. The van der Waals surface area contributed by atoms with Gasteiger partial charge in [0.15, 0.2) is 11.5 Å². The van der Waals surface area contributed by atoms with Gasteiger partial charge in [0.2, 0.25) is 15.9 Å². The van der Waals surface area contributed by atoms with Gasteiger partial charge in [-0.2, -0.15) is 8.78 Å². The minimum atomic E-state index is -3.74. The fourth-order valence-electron chi connectivity index (χ4n) is 3.31. The number of alkyl halides is 2. The zero-order valence-electron chi connectivity index (χ0n) is 16.9. The summed E-state index contributed by atoms with van der Waals surface area (Å²) in [6, 6.07) is 4.18. The van der Waals surface area contributed by atoms with Gasteiger partial charge in [-0.05, 0) is 49.3 Å². The Morgan fingerprint density at radius 1 is 1.24 bits per heavy atom. The van der Waals surface area contributed by atoms with E-state index in [2.05, 4.69) is 16.4 Å². The molecule has 0 heterocycles. The minimum Gasteiger partial charge on any atom is -0.493 e. The lowest BCUT2D eigenvalue weighted by Crippen LogP contribution is -2.42. The number of amides is 1. The third-order valence-electron chi connectivity index (χ3n) is 4.97. The van der Waals surface area contributed by atoms with Crippen molar-refractivity contribution in [3.05, 3.63) is 23.8 Å². The summed E-state index contributed by atoms with van der Waals surface area (Å²) in [4.78, 5) is 13.6. The molecule has 1 fully saturated rings. The molecule has 1 N–H and O–H groups in total. The molecular formula is C19H28F2N2O5S. The molecule has 0 saturated heterocycles. The quantitative estimate of drug-likeness (QED) is 0.646. The highest BCUT2D eigenvalue weighted by atomic mass is 32.2. The van der Waals surface area contributed by atoms with Crippen LogP contribution in [0.15, 0.2) is 18.2 Å². The highest BCUT2D eigenvalue weighted by molar-refractivity contribution is 7.90. The fourth-order valence-corrected chi connectivity index (χ4v) is 4.68. The number of halogens is 2. The molecule has 1 aromatic rings. The summed E-state index contributed by atoms with van der Waals surface area (Å²) in [5.41, 5.74) is 0.589. The molecule has 0 spiro atoms. The van der Waals surface area contributed by atoms with Crippen LogP contribution in [0.2, 0.25) is 0 Å². The Labute approximate surface area is 170 Å². The Morgan fingerprint density at radius 2 is 1.90 bits per heavy atom. The van der Waals surface area contributed by atoms with E-state index in [1.54, 1.807) is 0 Å². The van der Waals surface area contributed by atoms with Crippen LogP contribution in [0.1, 0.15) is 38.2 Å². The van der Waals surface area contributed by atoms with E-state index >= 15 is 0 Å². The second kappa shape index (κ2) is 10.2. The van der Waals surface area contributed by atoms with E-state index < -0.39 is 28.3 Å². The number of benzene rings is 1. The average molecular weight is 435 g/mol. The third kappa shape index (κ3) is 7.43. The number of nitrogens with zero attached hydrogens (tertiary/aromatic N) is 1. The molecule has 10 heteroatoms. The molecule has 7 nitrogen and oxygen atoms in total. The van der Waals surface area contributed by atoms with E-state index in [-0.39, 0.29) is 24.1 Å². The van der Waals surface area contributed by atoms with Crippen LogP contribution < -0.4 is 14.2 Å². The number of nitrogens with one attached hydrogen (secondary N) is 1. The molecular weight excluding hydrogens is 406 g/mol. The van der Waals surface area contributed by atoms with Gasteiger partial charge in [0.25, 0.3) is 0 Å². The molecule has 0 bridgehead atoms. The number of carbonyl (C=O) groups excluding carboxylic acids is 1. The van der Waals surface area contributed by atoms with Gasteiger partial charge < -0.3 is 14.4 Å². The van der Waals surface area contributed by atoms with E-state index in [1.165, 1.54) is 37.3 Å². The second-order valence-electron chi connectivity index (χ2n) is 7.45. The summed E-state index contributed by atoms with van der Waals surface area (Å²) >= 11 is 0. The third-order valence-corrected chi connectivity index (χ3v) is 6.28. The smallest absolute Gasteiger partial charge is 0.387 e. The topological polar surface area (TPSA) is 84.9 Å². The standard InChI is InChI=1S/C19H28F2N2O5S/c1-13-4-7-15(8-5-13)22-29(25,26)12-18(24)23(2)11-14-6-9-16(28-19(20)21)17(10-14)27-3/h6,9-10,13,15,19,22H,4-5,7-8,11-12H2,1-3H3. The number of hydrogen-bond donors (Lipinski definition) is 1. The highest BCUT2D eigenvalue weighted by Crippen LogP contribution is 2.30. The van der Waals surface area contributed by atoms with Crippen LogP contribution in [0.25, 0.3) is 0 Å². The summed E-state index contributed by atoms with van der Waals surface area (Å²) in [5, 5.41) is 0. The average Bonchev–Trinajstić information content (AvgIpc) is 2.63. The number of ether oxygens (including phenoxy) is 2. The molecule has 164 valence electrons. The number of hydrogen-bond acceptors (Lipinski definition) is 5. The van der Waals surface area contributed by atoms with Crippen LogP contribution in [0, 0.1) is 5.92 Å². The van der Waals surface area contributed by atoms with Gasteiger partial charge in [0.1, 0.15) is 5.75 Å². The van der Waals surface area contributed by atoms with E-state index in [9.17, 15) is 22.0 Å². The molecule has 1 saturated carbocycles. The molecule has 0 aromatic heterocycles. The van der Waals surface area contributed by atoms with Crippen molar-refractivity contribution in [2.45, 2.75) is 51.8 Å². The van der Waals surface area contributed by atoms with Crippen LogP contribution >= 0.6 is 0 Å². The Kier molecular flexibility index (Phi) is 8.21. The predicted octanol–water partition coefficient (Wildman–Crippen LogP) is 2.75. The van der Waals surface area contributed by atoms with E-state index in [0.717, 1.165) is 25.7 Å². The molecule has 0 aliphatic heterocycles. The van der Waals surface area contributed by atoms with E-state index in [1.807, 2.05) is 0 Å². The minimum absolute atomic E-state index is 0.0978. The highest BCUT2D eigenvalue weighted by Gasteiger charge is 2.26. The zero-order chi connectivity index (χ0) is 21.6. The van der Waals surface area contributed by atoms with Crippen molar-refractivity contribution in [3.63, 3.8) is 0 Å². The summed E-state index contributed by atoms with van der Waals surface area (Å²) < 4.78 is 61.5. The van der Waals surface area contributed by atoms with Crippen LogP contribution in [0.4, 0.5) is 8.78 Å². The first-order valence-electron chi connectivity index (χ1n) is 9.45. The molecule has 1 amide bonds. The maximum Gasteiger partial charge on any atom is 0.387 e. The summed E-state index contributed by atoms with van der Waals surface area (Å²) in [6.07, 6.45) is 3.48. The molecule has 0 radical (unpaired) electrons. The second-order valence-corrected chi connectivity index (χ2v) is 9.20. The van der Waals surface area contributed by atoms with Crippen molar-refractivity contribution in [1.82, 2.24) is 9.62 Å². The van der Waals surface area contributed by atoms with Gasteiger partial charge in [-0.3, -0.25) is 4.79 Å². The van der Waals surface area contributed by atoms with Gasteiger partial charge in [-0.1, -0.05) is 13.0 Å². The largest absolute Gasteiger partial charge is 0.493 e. The lowest BCUT2D eigenvalue weighted by Gasteiger charge is -2.27. The Bertz CT molecular complexity index is 796. The maximum absolute atomic E-state index is 12.4. The molecule has 2 rings (SSSR count). The normalized spacial score (nSPS) is 19.8. The van der Waals surface area contributed by atoms with Crippen molar-refractivity contribution < 1.29 is 31.5 Å². The van der Waals surface area contributed by atoms with Crippen molar-refractivity contribution in [3.8, 4) is 11.5 Å². The number of sulfonamides is 1. The van der Waals surface area contributed by atoms with Gasteiger partial charge in [0, 0.05) is 19.6 Å². The summed E-state index contributed by atoms with van der Waals surface area (Å²) in [7, 11) is -0.939. The molecule has 1 aromatic carbocycles. The molecule has 29 heavy (non-hydrogen) atoms. The van der Waals surface area contributed by atoms with Crippen LogP contribution in [-0.4, -0.2) is 51.8 Å². The van der Waals surface area contributed by atoms with Crippen LogP contribution in [-0.2, 0) is 21.4 Å². The van der Waals surface area contributed by atoms with Gasteiger partial charge in [-0.25, -0.2) is 13.1 Å². The monoisotopic (exact) mass is 434 g/mol. The SMILES string of the molecule is COc1cc(CN(C)C(=O)CS(=O)(=O)NC2CCC(C)CC2)ccc1OC(F)F.